The lowest BCUT2D eigenvalue weighted by Crippen LogP contribution is -2.25. The van der Waals surface area contributed by atoms with E-state index >= 15 is 0 Å². The quantitative estimate of drug-likeness (QED) is 0.869. The van der Waals surface area contributed by atoms with E-state index in [0.717, 1.165) is 0 Å². The summed E-state index contributed by atoms with van der Waals surface area (Å²) in [6.07, 6.45) is 0. The van der Waals surface area contributed by atoms with E-state index in [0.29, 0.717) is 17.9 Å². The molecule has 0 aliphatic carbocycles. The maximum Gasteiger partial charge on any atom is 0.268 e. The zero-order valence-corrected chi connectivity index (χ0v) is 9.69. The third kappa shape index (κ3) is 2.44. The minimum atomic E-state index is -2.64. The number of hydrogen-bond donors (Lipinski definition) is 1. The first-order chi connectivity index (χ1) is 7.13. The van der Waals surface area contributed by atoms with Crippen LogP contribution in [0.15, 0.2) is 24.3 Å². The Morgan fingerprint density at radius 3 is 2.38 bits per heavy atom. The highest BCUT2D eigenvalue weighted by atomic mass is 35.5. The number of benzene rings is 1. The second-order valence-corrected chi connectivity index (χ2v) is 3.72. The Kier molecular flexibility index (Phi) is 4.10. The SMILES string of the molecule is COc1ccc(C2CNCC2(F)F)cc1.Cl. The zero-order chi connectivity index (χ0) is 10.9. The van der Waals surface area contributed by atoms with Crippen LogP contribution in [0, 0.1) is 0 Å². The summed E-state index contributed by atoms with van der Waals surface area (Å²) in [4.78, 5) is 0. The summed E-state index contributed by atoms with van der Waals surface area (Å²) in [5.41, 5.74) is 0.658. The molecule has 5 heteroatoms. The summed E-state index contributed by atoms with van der Waals surface area (Å²) in [6.45, 7) is 0.100. The third-order valence-corrected chi connectivity index (χ3v) is 2.74. The molecule has 2 rings (SSSR count). The second kappa shape index (κ2) is 4.97. The smallest absolute Gasteiger partial charge is 0.268 e. The minimum absolute atomic E-state index is 0. The van der Waals surface area contributed by atoms with Gasteiger partial charge >= 0.3 is 0 Å². The number of hydrogen-bond acceptors (Lipinski definition) is 2. The molecule has 0 saturated carbocycles. The monoisotopic (exact) mass is 249 g/mol. The molecule has 0 radical (unpaired) electrons. The number of halogens is 3. The van der Waals surface area contributed by atoms with Gasteiger partial charge in [0.15, 0.2) is 0 Å². The largest absolute Gasteiger partial charge is 0.497 e. The number of rotatable bonds is 2. The van der Waals surface area contributed by atoms with Gasteiger partial charge in [0.2, 0.25) is 0 Å². The van der Waals surface area contributed by atoms with E-state index in [9.17, 15) is 8.78 Å². The van der Waals surface area contributed by atoms with Gasteiger partial charge in [0, 0.05) is 6.54 Å². The molecule has 1 unspecified atom stereocenters. The molecule has 1 aromatic rings. The lowest BCUT2D eigenvalue weighted by Gasteiger charge is -2.18. The van der Waals surface area contributed by atoms with Crippen molar-refractivity contribution in [2.24, 2.45) is 0 Å². The molecular formula is C11H14ClF2NO. The molecule has 1 heterocycles. The normalized spacial score (nSPS) is 22.6. The van der Waals surface area contributed by atoms with Crippen LogP contribution in [0.3, 0.4) is 0 Å². The molecule has 1 aromatic carbocycles. The Labute approximate surface area is 99.4 Å². The maximum absolute atomic E-state index is 13.4. The van der Waals surface area contributed by atoms with E-state index in [-0.39, 0.29) is 19.0 Å². The van der Waals surface area contributed by atoms with Crippen LogP contribution < -0.4 is 10.1 Å². The Morgan fingerprint density at radius 2 is 1.94 bits per heavy atom. The maximum atomic E-state index is 13.4. The van der Waals surface area contributed by atoms with Gasteiger partial charge in [-0.1, -0.05) is 12.1 Å². The van der Waals surface area contributed by atoms with Crippen molar-refractivity contribution in [2.45, 2.75) is 11.8 Å². The van der Waals surface area contributed by atoms with Gasteiger partial charge in [-0.15, -0.1) is 12.4 Å². The van der Waals surface area contributed by atoms with Gasteiger partial charge in [-0.05, 0) is 17.7 Å². The van der Waals surface area contributed by atoms with E-state index < -0.39 is 11.8 Å². The molecule has 1 N–H and O–H groups in total. The van der Waals surface area contributed by atoms with Crippen molar-refractivity contribution < 1.29 is 13.5 Å². The highest BCUT2D eigenvalue weighted by molar-refractivity contribution is 5.85. The molecule has 1 fully saturated rings. The molecular weight excluding hydrogens is 236 g/mol. The molecule has 0 spiro atoms. The Bertz CT molecular complexity index is 342. The lowest BCUT2D eigenvalue weighted by molar-refractivity contribution is 0.00576. The molecule has 90 valence electrons. The molecule has 1 atom stereocenters. The summed E-state index contributed by atoms with van der Waals surface area (Å²) >= 11 is 0. The van der Waals surface area contributed by atoms with Crippen LogP contribution in [0.25, 0.3) is 0 Å². The molecule has 2 nitrogen and oxygen atoms in total. The van der Waals surface area contributed by atoms with E-state index in [4.69, 9.17) is 4.74 Å². The van der Waals surface area contributed by atoms with Crippen molar-refractivity contribution in [1.29, 1.82) is 0 Å². The fourth-order valence-electron chi connectivity index (χ4n) is 1.85. The van der Waals surface area contributed by atoms with E-state index in [1.165, 1.54) is 0 Å². The van der Waals surface area contributed by atoms with Gasteiger partial charge in [-0.25, -0.2) is 8.78 Å². The van der Waals surface area contributed by atoms with Gasteiger partial charge in [-0.3, -0.25) is 0 Å². The number of alkyl halides is 2. The molecule has 0 aromatic heterocycles. The zero-order valence-electron chi connectivity index (χ0n) is 8.87. The van der Waals surface area contributed by atoms with Gasteiger partial charge in [-0.2, -0.15) is 0 Å². The average molecular weight is 250 g/mol. The molecule has 1 saturated heterocycles. The standard InChI is InChI=1S/C11H13F2NO.ClH/c1-15-9-4-2-8(3-5-9)10-6-14-7-11(10,12)13;/h2-5,10,14H,6-7H2,1H3;1H. The fraction of sp³-hybridized carbons (Fsp3) is 0.455. The first-order valence-corrected chi connectivity index (χ1v) is 4.86. The van der Waals surface area contributed by atoms with Crippen molar-refractivity contribution in [3.63, 3.8) is 0 Å². The highest BCUT2D eigenvalue weighted by Gasteiger charge is 2.44. The summed E-state index contributed by atoms with van der Waals surface area (Å²) < 4.78 is 31.7. The Balaban J connectivity index is 0.00000128. The molecule has 0 bridgehead atoms. The van der Waals surface area contributed by atoms with E-state index in [2.05, 4.69) is 5.32 Å². The van der Waals surface area contributed by atoms with Gasteiger partial charge in [0.25, 0.3) is 5.92 Å². The van der Waals surface area contributed by atoms with Crippen LogP contribution in [-0.4, -0.2) is 26.1 Å². The van der Waals surface area contributed by atoms with Crippen molar-refractivity contribution in [3.05, 3.63) is 29.8 Å². The van der Waals surface area contributed by atoms with E-state index in [1.807, 2.05) is 0 Å². The predicted molar refractivity (Wildman–Crippen MR) is 60.8 cm³/mol. The number of methoxy groups -OCH3 is 1. The van der Waals surface area contributed by atoms with Gasteiger partial charge in [0.05, 0.1) is 19.6 Å². The van der Waals surface area contributed by atoms with Crippen LogP contribution in [0.4, 0.5) is 8.78 Å². The summed E-state index contributed by atoms with van der Waals surface area (Å²) in [5, 5.41) is 2.71. The summed E-state index contributed by atoms with van der Waals surface area (Å²) in [6, 6.07) is 6.82. The van der Waals surface area contributed by atoms with Crippen LogP contribution in [-0.2, 0) is 0 Å². The highest BCUT2D eigenvalue weighted by Crippen LogP contribution is 2.36. The molecule has 1 aliphatic heterocycles. The van der Waals surface area contributed by atoms with Crippen molar-refractivity contribution in [1.82, 2.24) is 5.32 Å². The molecule has 1 aliphatic rings. The summed E-state index contributed by atoms with van der Waals surface area (Å²) in [7, 11) is 1.56. The van der Waals surface area contributed by atoms with Gasteiger partial charge in [0.1, 0.15) is 5.75 Å². The fourth-order valence-corrected chi connectivity index (χ4v) is 1.85. The lowest BCUT2D eigenvalue weighted by atomic mass is 9.95. The second-order valence-electron chi connectivity index (χ2n) is 3.72. The van der Waals surface area contributed by atoms with Crippen molar-refractivity contribution >= 4 is 12.4 Å². The van der Waals surface area contributed by atoms with Crippen LogP contribution in [0.1, 0.15) is 11.5 Å². The van der Waals surface area contributed by atoms with Crippen molar-refractivity contribution in [3.8, 4) is 5.75 Å². The summed E-state index contributed by atoms with van der Waals surface area (Å²) in [5.74, 6) is -2.68. The number of nitrogens with one attached hydrogen (secondary N) is 1. The molecule has 16 heavy (non-hydrogen) atoms. The number of ether oxygens (including phenoxy) is 1. The van der Waals surface area contributed by atoms with Crippen LogP contribution in [0.5, 0.6) is 5.75 Å². The third-order valence-electron chi connectivity index (χ3n) is 2.74. The topological polar surface area (TPSA) is 21.3 Å². The first kappa shape index (κ1) is 13.2. The Morgan fingerprint density at radius 1 is 1.31 bits per heavy atom. The van der Waals surface area contributed by atoms with Crippen molar-refractivity contribution in [2.75, 3.05) is 20.2 Å². The van der Waals surface area contributed by atoms with Crippen LogP contribution in [0.2, 0.25) is 0 Å². The van der Waals surface area contributed by atoms with Crippen LogP contribution >= 0.6 is 12.4 Å². The minimum Gasteiger partial charge on any atom is -0.497 e. The first-order valence-electron chi connectivity index (χ1n) is 4.86. The van der Waals surface area contributed by atoms with E-state index in [1.54, 1.807) is 31.4 Å². The molecule has 0 amide bonds. The predicted octanol–water partition coefficient (Wildman–Crippen LogP) is 2.44. The average Bonchev–Trinajstić information content (AvgIpc) is 2.58. The van der Waals surface area contributed by atoms with Gasteiger partial charge < -0.3 is 10.1 Å². The Hall–Kier alpha value is -0.870.